The highest BCUT2D eigenvalue weighted by atomic mass is 19.4. The summed E-state index contributed by atoms with van der Waals surface area (Å²) in [6.45, 7) is -0.0936. The average molecular weight is 368 g/mol. The number of amides is 3. The third-order valence-electron chi connectivity index (χ3n) is 3.21. The van der Waals surface area contributed by atoms with Crippen LogP contribution in [0.2, 0.25) is 0 Å². The van der Waals surface area contributed by atoms with E-state index in [0.717, 1.165) is 12.1 Å². The second kappa shape index (κ2) is 7.72. The SMILES string of the molecule is CN(CC(=O)NC(N)=O)c1ccc(Oc2ccc(C(F)(F)F)cn2)cc1. The molecule has 3 amide bonds. The van der Waals surface area contributed by atoms with Crippen LogP contribution in [0.5, 0.6) is 11.6 Å². The lowest BCUT2D eigenvalue weighted by Gasteiger charge is -2.18. The third-order valence-corrected chi connectivity index (χ3v) is 3.21. The van der Waals surface area contributed by atoms with Gasteiger partial charge in [0.2, 0.25) is 11.8 Å². The molecule has 2 aromatic rings. The zero-order valence-electron chi connectivity index (χ0n) is 13.6. The molecule has 10 heteroatoms. The first-order valence-electron chi connectivity index (χ1n) is 7.27. The molecule has 26 heavy (non-hydrogen) atoms. The summed E-state index contributed by atoms with van der Waals surface area (Å²) in [4.78, 5) is 27.3. The van der Waals surface area contributed by atoms with Crippen LogP contribution >= 0.6 is 0 Å². The van der Waals surface area contributed by atoms with Crippen molar-refractivity contribution in [2.24, 2.45) is 5.73 Å². The van der Waals surface area contributed by atoms with E-state index in [1.54, 1.807) is 36.2 Å². The lowest BCUT2D eigenvalue weighted by Crippen LogP contribution is -2.41. The summed E-state index contributed by atoms with van der Waals surface area (Å²) in [6.07, 6.45) is -3.77. The van der Waals surface area contributed by atoms with Gasteiger partial charge in [0, 0.05) is 25.0 Å². The maximum absolute atomic E-state index is 12.5. The van der Waals surface area contributed by atoms with Gasteiger partial charge in [0.05, 0.1) is 12.1 Å². The van der Waals surface area contributed by atoms with Crippen molar-refractivity contribution in [3.8, 4) is 11.6 Å². The van der Waals surface area contributed by atoms with E-state index < -0.39 is 23.7 Å². The van der Waals surface area contributed by atoms with Gasteiger partial charge in [-0.25, -0.2) is 9.78 Å². The lowest BCUT2D eigenvalue weighted by atomic mass is 10.2. The van der Waals surface area contributed by atoms with E-state index in [9.17, 15) is 22.8 Å². The molecule has 0 bridgehead atoms. The molecular formula is C16H15F3N4O3. The van der Waals surface area contributed by atoms with Gasteiger partial charge in [-0.05, 0) is 30.3 Å². The summed E-state index contributed by atoms with van der Waals surface area (Å²) < 4.78 is 42.8. The summed E-state index contributed by atoms with van der Waals surface area (Å²) in [5.74, 6) is -0.190. The van der Waals surface area contributed by atoms with Gasteiger partial charge in [-0.2, -0.15) is 13.2 Å². The van der Waals surface area contributed by atoms with Gasteiger partial charge in [-0.15, -0.1) is 0 Å². The number of hydrogen-bond donors (Lipinski definition) is 2. The van der Waals surface area contributed by atoms with Crippen molar-refractivity contribution in [3.63, 3.8) is 0 Å². The second-order valence-electron chi connectivity index (χ2n) is 5.25. The molecule has 1 aromatic heterocycles. The number of alkyl halides is 3. The Bertz CT molecular complexity index is 777. The Morgan fingerprint density at radius 1 is 1.19 bits per heavy atom. The quantitative estimate of drug-likeness (QED) is 0.845. The van der Waals surface area contributed by atoms with Crippen molar-refractivity contribution in [2.45, 2.75) is 6.18 Å². The van der Waals surface area contributed by atoms with E-state index in [-0.39, 0.29) is 12.4 Å². The first-order valence-corrected chi connectivity index (χ1v) is 7.27. The molecule has 0 radical (unpaired) electrons. The first kappa shape index (κ1) is 19.0. The van der Waals surface area contributed by atoms with Crippen molar-refractivity contribution in [2.75, 3.05) is 18.5 Å². The van der Waals surface area contributed by atoms with Crippen LogP contribution < -0.4 is 20.7 Å². The van der Waals surface area contributed by atoms with Crippen LogP contribution in [-0.4, -0.2) is 30.5 Å². The molecule has 1 aromatic carbocycles. The van der Waals surface area contributed by atoms with Gasteiger partial charge in [-0.3, -0.25) is 10.1 Å². The number of imide groups is 1. The molecule has 3 N–H and O–H groups in total. The normalized spacial score (nSPS) is 10.9. The number of nitrogens with zero attached hydrogens (tertiary/aromatic N) is 2. The number of ether oxygens (including phenoxy) is 1. The molecule has 0 aliphatic carbocycles. The highest BCUT2D eigenvalue weighted by Crippen LogP contribution is 2.30. The van der Waals surface area contributed by atoms with E-state index >= 15 is 0 Å². The number of urea groups is 1. The van der Waals surface area contributed by atoms with Crippen LogP contribution in [0.25, 0.3) is 0 Å². The summed E-state index contributed by atoms with van der Waals surface area (Å²) in [7, 11) is 1.63. The number of benzene rings is 1. The Morgan fingerprint density at radius 3 is 2.35 bits per heavy atom. The van der Waals surface area contributed by atoms with Gasteiger partial charge in [0.25, 0.3) is 0 Å². The number of rotatable bonds is 5. The first-order chi connectivity index (χ1) is 12.1. The summed E-state index contributed by atoms with van der Waals surface area (Å²) >= 11 is 0. The molecule has 138 valence electrons. The number of carbonyl (C=O) groups excluding carboxylic acids is 2. The number of nitrogens with two attached hydrogens (primary N) is 1. The van der Waals surface area contributed by atoms with E-state index in [4.69, 9.17) is 10.5 Å². The molecule has 0 aliphatic heterocycles. The number of anilines is 1. The predicted octanol–water partition coefficient (Wildman–Crippen LogP) is 2.52. The topological polar surface area (TPSA) is 97.6 Å². The van der Waals surface area contributed by atoms with E-state index in [2.05, 4.69) is 4.98 Å². The number of hydrogen-bond acceptors (Lipinski definition) is 5. The molecule has 0 saturated heterocycles. The standard InChI is InChI=1S/C16H15F3N4O3/c1-23(9-13(24)22-15(20)25)11-3-5-12(6-4-11)26-14-7-2-10(8-21-14)16(17,18)19/h2-8H,9H2,1H3,(H3,20,22,24,25). The van der Waals surface area contributed by atoms with Crippen molar-refractivity contribution in [3.05, 3.63) is 48.2 Å². The molecule has 7 nitrogen and oxygen atoms in total. The van der Waals surface area contributed by atoms with Gasteiger partial charge < -0.3 is 15.4 Å². The number of pyridine rings is 1. The Labute approximate surface area is 146 Å². The highest BCUT2D eigenvalue weighted by Gasteiger charge is 2.30. The fourth-order valence-corrected chi connectivity index (χ4v) is 1.98. The number of primary amides is 1. The van der Waals surface area contributed by atoms with Crippen molar-refractivity contribution in [1.29, 1.82) is 0 Å². The largest absolute Gasteiger partial charge is 0.439 e. The maximum atomic E-state index is 12.5. The fourth-order valence-electron chi connectivity index (χ4n) is 1.98. The monoisotopic (exact) mass is 368 g/mol. The van der Waals surface area contributed by atoms with Gasteiger partial charge in [0.1, 0.15) is 5.75 Å². The molecule has 0 fully saturated rings. The number of nitrogens with one attached hydrogen (secondary N) is 1. The Hall–Kier alpha value is -3.30. The van der Waals surface area contributed by atoms with Crippen LogP contribution in [-0.2, 0) is 11.0 Å². The molecule has 0 unspecified atom stereocenters. The van der Waals surface area contributed by atoms with Crippen LogP contribution in [0, 0.1) is 0 Å². The molecule has 0 spiro atoms. The van der Waals surface area contributed by atoms with Crippen LogP contribution in [0.4, 0.5) is 23.7 Å². The summed E-state index contributed by atoms with van der Waals surface area (Å²) in [5.41, 5.74) is 4.65. The van der Waals surface area contributed by atoms with Crippen molar-refractivity contribution in [1.82, 2.24) is 10.3 Å². The molecule has 0 atom stereocenters. The maximum Gasteiger partial charge on any atom is 0.417 e. The minimum absolute atomic E-state index is 0.0138. The minimum atomic E-state index is -4.46. The van der Waals surface area contributed by atoms with Crippen LogP contribution in [0.3, 0.4) is 0 Å². The van der Waals surface area contributed by atoms with Gasteiger partial charge in [0.15, 0.2) is 0 Å². The summed E-state index contributed by atoms with van der Waals surface area (Å²) in [5, 5.41) is 1.95. The number of likely N-dealkylation sites (N-methyl/N-ethyl adjacent to an activating group) is 1. The molecular weight excluding hydrogens is 353 g/mol. The van der Waals surface area contributed by atoms with E-state index in [1.807, 2.05) is 5.32 Å². The number of carbonyl (C=O) groups is 2. The number of halogens is 3. The van der Waals surface area contributed by atoms with Crippen molar-refractivity contribution < 1.29 is 27.5 Å². The Balaban J connectivity index is 1.98. The second-order valence-corrected chi connectivity index (χ2v) is 5.25. The molecule has 1 heterocycles. The van der Waals surface area contributed by atoms with Gasteiger partial charge >= 0.3 is 12.2 Å². The van der Waals surface area contributed by atoms with E-state index in [1.165, 1.54) is 0 Å². The zero-order valence-corrected chi connectivity index (χ0v) is 13.6. The van der Waals surface area contributed by atoms with Crippen LogP contribution in [0.1, 0.15) is 5.56 Å². The third kappa shape index (κ3) is 5.36. The van der Waals surface area contributed by atoms with Crippen LogP contribution in [0.15, 0.2) is 42.6 Å². The predicted molar refractivity (Wildman–Crippen MR) is 86.8 cm³/mol. The molecule has 0 aliphatic rings. The Morgan fingerprint density at radius 2 is 1.85 bits per heavy atom. The van der Waals surface area contributed by atoms with E-state index in [0.29, 0.717) is 17.6 Å². The Kier molecular flexibility index (Phi) is 5.65. The lowest BCUT2D eigenvalue weighted by molar-refractivity contribution is -0.137. The van der Waals surface area contributed by atoms with Crippen molar-refractivity contribution >= 4 is 17.6 Å². The summed E-state index contributed by atoms with van der Waals surface area (Å²) in [6, 6.07) is 7.47. The fraction of sp³-hybridized carbons (Fsp3) is 0.188. The number of aromatic nitrogens is 1. The highest BCUT2D eigenvalue weighted by molar-refractivity contribution is 5.95. The van der Waals surface area contributed by atoms with Gasteiger partial charge in [-0.1, -0.05) is 0 Å². The zero-order chi connectivity index (χ0) is 19.3. The molecule has 0 saturated carbocycles. The minimum Gasteiger partial charge on any atom is -0.439 e. The smallest absolute Gasteiger partial charge is 0.417 e. The average Bonchev–Trinajstić information content (AvgIpc) is 2.54. The molecule has 2 rings (SSSR count).